The van der Waals surface area contributed by atoms with Crippen LogP contribution >= 0.6 is 0 Å². The summed E-state index contributed by atoms with van der Waals surface area (Å²) in [6.45, 7) is 4.14. The van der Waals surface area contributed by atoms with Crippen LogP contribution in [0.15, 0.2) is 47.0 Å². The Balaban J connectivity index is 2.59. The maximum absolute atomic E-state index is 11.7. The van der Waals surface area contributed by atoms with E-state index in [2.05, 4.69) is 36.8 Å². The summed E-state index contributed by atoms with van der Waals surface area (Å²) in [6, 6.07) is 9.09. The lowest BCUT2D eigenvalue weighted by molar-refractivity contribution is -0.141. The Morgan fingerprint density at radius 3 is 2.64 bits per heavy atom. The molecule has 0 saturated carbocycles. The highest BCUT2D eigenvalue weighted by Gasteiger charge is 2.15. The zero-order valence-electron chi connectivity index (χ0n) is 13.5. The first-order chi connectivity index (χ1) is 10.6. The summed E-state index contributed by atoms with van der Waals surface area (Å²) in [6.07, 6.45) is 5.95. The van der Waals surface area contributed by atoms with Crippen molar-refractivity contribution in [1.82, 2.24) is 0 Å². The molecule has 0 spiro atoms. The molecule has 0 amide bonds. The van der Waals surface area contributed by atoms with Crippen LogP contribution in [0.5, 0.6) is 0 Å². The van der Waals surface area contributed by atoms with E-state index in [4.69, 9.17) is 4.74 Å². The number of benzene rings is 1. The quantitative estimate of drug-likeness (QED) is 0.263. The van der Waals surface area contributed by atoms with Gasteiger partial charge in [-0.3, -0.25) is 4.99 Å². The fourth-order valence-electron chi connectivity index (χ4n) is 1.74. The van der Waals surface area contributed by atoms with E-state index in [9.17, 15) is 4.79 Å². The molecular formula is C19H23NO2. The molecule has 3 nitrogen and oxygen atoms in total. The van der Waals surface area contributed by atoms with Crippen molar-refractivity contribution in [3.63, 3.8) is 0 Å². The Kier molecular flexibility index (Phi) is 8.37. The number of allylic oxidation sites excluding steroid dienone is 2. The summed E-state index contributed by atoms with van der Waals surface area (Å²) in [5.74, 6) is 5.73. The number of carbonyl (C=O) groups excluding carboxylic acids is 1. The molecule has 1 aromatic rings. The van der Waals surface area contributed by atoms with E-state index in [-0.39, 0.29) is 5.97 Å². The lowest BCUT2D eigenvalue weighted by Crippen LogP contribution is -2.19. The molecule has 0 radical (unpaired) electrons. The highest BCUT2D eigenvalue weighted by atomic mass is 16.5. The number of unbranched alkanes of at least 4 members (excludes halogenated alkanes) is 1. The second-order valence-electron chi connectivity index (χ2n) is 5.11. The number of methoxy groups -OCH3 is 1. The van der Waals surface area contributed by atoms with Gasteiger partial charge in [0, 0.05) is 19.1 Å². The normalized spacial score (nSPS) is 11.4. The molecule has 1 atom stereocenters. The van der Waals surface area contributed by atoms with Gasteiger partial charge in [0.05, 0.1) is 7.11 Å². The van der Waals surface area contributed by atoms with Gasteiger partial charge >= 0.3 is 5.97 Å². The number of esters is 1. The summed E-state index contributed by atoms with van der Waals surface area (Å²) < 4.78 is 4.78. The first-order valence-corrected chi connectivity index (χ1v) is 7.38. The maximum Gasteiger partial charge on any atom is 0.331 e. The summed E-state index contributed by atoms with van der Waals surface area (Å²) >= 11 is 0. The molecule has 1 rings (SSSR count). The molecule has 1 unspecified atom stereocenters. The van der Waals surface area contributed by atoms with Crippen LogP contribution in [0, 0.1) is 11.8 Å². The van der Waals surface area contributed by atoms with Crippen molar-refractivity contribution in [3.05, 3.63) is 47.5 Å². The maximum atomic E-state index is 11.7. The third kappa shape index (κ3) is 7.44. The average molecular weight is 297 g/mol. The molecule has 0 aliphatic rings. The van der Waals surface area contributed by atoms with Crippen LogP contribution in [0.1, 0.15) is 38.7 Å². The van der Waals surface area contributed by atoms with Gasteiger partial charge in [-0.1, -0.05) is 42.0 Å². The molecule has 0 aliphatic carbocycles. The van der Waals surface area contributed by atoms with Gasteiger partial charge in [-0.2, -0.15) is 0 Å². The molecule has 116 valence electrons. The Bertz CT molecular complexity index is 572. The number of carbonyl (C=O) groups is 1. The van der Waals surface area contributed by atoms with E-state index in [1.54, 1.807) is 6.21 Å². The highest BCUT2D eigenvalue weighted by Crippen LogP contribution is 2.03. The molecule has 0 saturated heterocycles. The third-order valence-corrected chi connectivity index (χ3v) is 2.92. The number of hydrogen-bond acceptors (Lipinski definition) is 3. The van der Waals surface area contributed by atoms with E-state index in [1.807, 2.05) is 30.3 Å². The highest BCUT2D eigenvalue weighted by molar-refractivity contribution is 5.84. The molecular weight excluding hydrogens is 274 g/mol. The van der Waals surface area contributed by atoms with Gasteiger partial charge in [0.25, 0.3) is 0 Å². The van der Waals surface area contributed by atoms with E-state index in [1.165, 1.54) is 12.7 Å². The van der Waals surface area contributed by atoms with Crippen LogP contribution in [0.3, 0.4) is 0 Å². The average Bonchev–Trinajstić information content (AvgIpc) is 2.53. The molecule has 22 heavy (non-hydrogen) atoms. The van der Waals surface area contributed by atoms with Gasteiger partial charge in [0.1, 0.15) is 0 Å². The minimum Gasteiger partial charge on any atom is -0.467 e. The smallest absolute Gasteiger partial charge is 0.331 e. The van der Waals surface area contributed by atoms with Gasteiger partial charge in [-0.15, -0.1) is 11.8 Å². The molecule has 0 fully saturated rings. The predicted octanol–water partition coefficient (Wildman–Crippen LogP) is 3.79. The lowest BCUT2D eigenvalue weighted by atomic mass is 10.2. The second kappa shape index (κ2) is 10.4. The van der Waals surface area contributed by atoms with Crippen molar-refractivity contribution in [2.45, 2.75) is 39.2 Å². The van der Waals surface area contributed by atoms with E-state index >= 15 is 0 Å². The van der Waals surface area contributed by atoms with Gasteiger partial charge in [0.2, 0.25) is 0 Å². The molecule has 0 N–H and O–H groups in total. The van der Waals surface area contributed by atoms with Crippen molar-refractivity contribution in [1.29, 1.82) is 0 Å². The molecule has 0 aliphatic heterocycles. The van der Waals surface area contributed by atoms with Crippen molar-refractivity contribution in [2.75, 3.05) is 7.11 Å². The number of rotatable bonds is 6. The lowest BCUT2D eigenvalue weighted by Gasteiger charge is -2.06. The van der Waals surface area contributed by atoms with E-state index in [0.29, 0.717) is 6.42 Å². The van der Waals surface area contributed by atoms with Crippen LogP contribution in [-0.4, -0.2) is 25.3 Å². The van der Waals surface area contributed by atoms with Crippen LogP contribution in [0.2, 0.25) is 0 Å². The molecule has 0 bridgehead atoms. The fourth-order valence-corrected chi connectivity index (χ4v) is 1.74. The third-order valence-electron chi connectivity index (χ3n) is 2.92. The standard InChI is InChI=1S/C19H23NO2/c1-16(2)11-7-4-5-10-14-18(19(21)22-3)20-15-17-12-8-6-9-13-17/h6,8-9,11-13,15,18H,4,7,14H2,1-3H3. The van der Waals surface area contributed by atoms with Gasteiger partial charge in [-0.05, 0) is 25.8 Å². The van der Waals surface area contributed by atoms with Crippen molar-refractivity contribution < 1.29 is 9.53 Å². The molecule has 1 aromatic carbocycles. The van der Waals surface area contributed by atoms with Gasteiger partial charge in [-0.25, -0.2) is 4.79 Å². The number of nitrogens with zero attached hydrogens (tertiary/aromatic N) is 1. The first-order valence-electron chi connectivity index (χ1n) is 7.38. The van der Waals surface area contributed by atoms with E-state index < -0.39 is 6.04 Å². The van der Waals surface area contributed by atoms with Crippen LogP contribution in [-0.2, 0) is 9.53 Å². The zero-order chi connectivity index (χ0) is 16.2. The second-order valence-corrected chi connectivity index (χ2v) is 5.11. The molecule has 0 aromatic heterocycles. The van der Waals surface area contributed by atoms with Crippen molar-refractivity contribution >= 4 is 12.2 Å². The molecule has 3 heteroatoms. The van der Waals surface area contributed by atoms with Gasteiger partial charge < -0.3 is 4.74 Å². The topological polar surface area (TPSA) is 38.7 Å². The van der Waals surface area contributed by atoms with Crippen molar-refractivity contribution in [3.8, 4) is 11.8 Å². The zero-order valence-corrected chi connectivity index (χ0v) is 13.5. The summed E-state index contributed by atoms with van der Waals surface area (Å²) in [5, 5.41) is 0. The minimum atomic E-state index is -0.568. The SMILES string of the molecule is COC(=O)C(CC#CCCC=C(C)C)N=Cc1ccccc1. The summed E-state index contributed by atoms with van der Waals surface area (Å²) in [4.78, 5) is 16.0. The van der Waals surface area contributed by atoms with Crippen LogP contribution in [0.4, 0.5) is 0 Å². The molecule has 0 heterocycles. The van der Waals surface area contributed by atoms with Crippen LogP contribution in [0.25, 0.3) is 0 Å². The number of ether oxygens (including phenoxy) is 1. The Labute approximate surface area is 133 Å². The number of aliphatic imine (C=N–C) groups is 1. The van der Waals surface area contributed by atoms with Gasteiger partial charge in [0.15, 0.2) is 6.04 Å². The summed E-state index contributed by atoms with van der Waals surface area (Å²) in [7, 11) is 1.37. The van der Waals surface area contributed by atoms with E-state index in [0.717, 1.165) is 18.4 Å². The minimum absolute atomic E-state index is 0.356. The largest absolute Gasteiger partial charge is 0.467 e. The summed E-state index contributed by atoms with van der Waals surface area (Å²) in [5.41, 5.74) is 2.25. The fraction of sp³-hybridized carbons (Fsp3) is 0.368. The van der Waals surface area contributed by atoms with Crippen LogP contribution < -0.4 is 0 Å². The monoisotopic (exact) mass is 297 g/mol. The first kappa shape index (κ1) is 17.7. The Morgan fingerprint density at radius 2 is 2.00 bits per heavy atom. The predicted molar refractivity (Wildman–Crippen MR) is 90.9 cm³/mol. The Hall–Kier alpha value is -2.34. The number of hydrogen-bond donors (Lipinski definition) is 0. The Morgan fingerprint density at radius 1 is 1.27 bits per heavy atom. The van der Waals surface area contributed by atoms with Crippen molar-refractivity contribution in [2.24, 2.45) is 4.99 Å².